The predicted molar refractivity (Wildman–Crippen MR) is 100 cm³/mol. The highest BCUT2D eigenvalue weighted by Gasteiger charge is 2.13. The van der Waals surface area contributed by atoms with E-state index in [1.807, 2.05) is 37.3 Å². The molecule has 136 valence electrons. The molecule has 0 aliphatic heterocycles. The Morgan fingerprint density at radius 1 is 1.31 bits per heavy atom. The minimum Gasteiger partial charge on any atom is -0.453 e. The standard InChI is InChI=1S/C19H22N4O3/c1-12-6-4-7-15(22-19(25)26-3)14(12)10-20-16-8-5-9-23-17(11-24)13(2)21-18(16)23/h4-9,20,24H,10-11H2,1-3H3,(H,22,25)/i11D. The van der Waals surface area contributed by atoms with Gasteiger partial charge in [-0.2, -0.15) is 0 Å². The molecule has 0 saturated heterocycles. The maximum Gasteiger partial charge on any atom is 0.411 e. The highest BCUT2D eigenvalue weighted by atomic mass is 16.5. The van der Waals surface area contributed by atoms with E-state index in [0.29, 0.717) is 29.3 Å². The first-order valence-electron chi connectivity index (χ1n) is 8.75. The van der Waals surface area contributed by atoms with E-state index < -0.39 is 12.7 Å². The predicted octanol–water partition coefficient (Wildman–Crippen LogP) is 3.23. The zero-order chi connectivity index (χ0) is 19.6. The number of fused-ring (bicyclic) bond motifs is 1. The molecule has 3 rings (SSSR count). The van der Waals surface area contributed by atoms with Gasteiger partial charge in [-0.1, -0.05) is 12.1 Å². The molecule has 1 unspecified atom stereocenters. The summed E-state index contributed by atoms with van der Waals surface area (Å²) in [5.41, 5.74) is 5.06. The number of hydrogen-bond acceptors (Lipinski definition) is 5. The van der Waals surface area contributed by atoms with Crippen LogP contribution in [-0.4, -0.2) is 27.7 Å². The lowest BCUT2D eigenvalue weighted by Crippen LogP contribution is -2.14. The second kappa shape index (κ2) is 7.45. The number of anilines is 2. The highest BCUT2D eigenvalue weighted by Crippen LogP contribution is 2.24. The summed E-state index contributed by atoms with van der Waals surface area (Å²) in [4.78, 5) is 16.1. The number of nitrogens with one attached hydrogen (secondary N) is 2. The summed E-state index contributed by atoms with van der Waals surface area (Å²) in [5, 5.41) is 15.8. The number of aryl methyl sites for hydroxylation is 2. The van der Waals surface area contributed by atoms with Gasteiger partial charge in [-0.3, -0.25) is 9.72 Å². The van der Waals surface area contributed by atoms with Crippen molar-refractivity contribution in [2.45, 2.75) is 27.0 Å². The number of aromatic nitrogens is 2. The minimum absolute atomic E-state index is 0.442. The zero-order valence-electron chi connectivity index (χ0n) is 15.9. The molecule has 1 amide bonds. The summed E-state index contributed by atoms with van der Waals surface area (Å²) < 4.78 is 14.0. The smallest absolute Gasteiger partial charge is 0.411 e. The summed E-state index contributed by atoms with van der Waals surface area (Å²) in [6.07, 6.45) is 1.24. The maximum absolute atomic E-state index is 11.6. The first-order valence-corrected chi connectivity index (χ1v) is 8.17. The van der Waals surface area contributed by atoms with Gasteiger partial charge in [0, 0.05) is 18.4 Å². The van der Waals surface area contributed by atoms with Crippen molar-refractivity contribution in [2.24, 2.45) is 0 Å². The number of rotatable bonds is 5. The van der Waals surface area contributed by atoms with Crippen molar-refractivity contribution in [3.63, 3.8) is 0 Å². The van der Waals surface area contributed by atoms with Crippen LogP contribution in [0, 0.1) is 13.8 Å². The van der Waals surface area contributed by atoms with E-state index in [1.165, 1.54) is 7.11 Å². The van der Waals surface area contributed by atoms with E-state index >= 15 is 0 Å². The molecule has 7 nitrogen and oxygen atoms in total. The monoisotopic (exact) mass is 355 g/mol. The van der Waals surface area contributed by atoms with Gasteiger partial charge in [0.15, 0.2) is 5.65 Å². The van der Waals surface area contributed by atoms with Crippen LogP contribution >= 0.6 is 0 Å². The van der Waals surface area contributed by atoms with Gasteiger partial charge in [-0.25, -0.2) is 9.78 Å². The van der Waals surface area contributed by atoms with Crippen LogP contribution in [0.5, 0.6) is 0 Å². The summed E-state index contributed by atoms with van der Waals surface area (Å²) >= 11 is 0. The Kier molecular flexibility index (Phi) is 4.70. The second-order valence-corrected chi connectivity index (χ2v) is 5.90. The quantitative estimate of drug-likeness (QED) is 0.654. The Labute approximate surface area is 153 Å². The topological polar surface area (TPSA) is 87.9 Å². The van der Waals surface area contributed by atoms with E-state index in [1.54, 1.807) is 17.5 Å². The number of benzene rings is 1. The number of carbonyl (C=O) groups is 1. The Hall–Kier alpha value is -3.06. The molecule has 0 saturated carbocycles. The summed E-state index contributed by atoms with van der Waals surface area (Å²) in [6, 6.07) is 9.36. The van der Waals surface area contributed by atoms with E-state index in [4.69, 9.17) is 1.37 Å². The normalized spacial score (nSPS) is 12.5. The fourth-order valence-corrected chi connectivity index (χ4v) is 2.89. The Morgan fingerprint density at radius 2 is 2.08 bits per heavy atom. The van der Waals surface area contributed by atoms with Gasteiger partial charge < -0.3 is 15.2 Å². The second-order valence-electron chi connectivity index (χ2n) is 5.90. The van der Waals surface area contributed by atoms with E-state index in [0.717, 1.165) is 16.8 Å². The van der Waals surface area contributed by atoms with Gasteiger partial charge in [0.1, 0.15) is 0 Å². The average Bonchev–Trinajstić information content (AvgIpc) is 2.97. The molecular formula is C19H22N4O3. The average molecular weight is 355 g/mol. The molecule has 0 bridgehead atoms. The van der Waals surface area contributed by atoms with Crippen LogP contribution in [0.25, 0.3) is 5.65 Å². The number of imidazole rings is 1. The third-order valence-corrected chi connectivity index (χ3v) is 4.28. The largest absolute Gasteiger partial charge is 0.453 e. The van der Waals surface area contributed by atoms with Gasteiger partial charge >= 0.3 is 6.09 Å². The summed E-state index contributed by atoms with van der Waals surface area (Å²) in [7, 11) is 1.32. The van der Waals surface area contributed by atoms with Crippen molar-refractivity contribution in [2.75, 3.05) is 17.7 Å². The molecule has 0 spiro atoms. The first kappa shape index (κ1) is 16.4. The van der Waals surface area contributed by atoms with Crippen LogP contribution in [0.15, 0.2) is 36.5 Å². The molecule has 1 aromatic carbocycles. The molecule has 0 fully saturated rings. The minimum atomic E-state index is -1.36. The molecule has 2 aromatic heterocycles. The number of pyridine rings is 1. The summed E-state index contributed by atoms with van der Waals surface area (Å²) in [6.45, 7) is 2.83. The number of aliphatic hydroxyl groups is 1. The lowest BCUT2D eigenvalue weighted by molar-refractivity contribution is 0.187. The highest BCUT2D eigenvalue weighted by molar-refractivity contribution is 5.86. The van der Waals surface area contributed by atoms with Crippen LogP contribution in [0.4, 0.5) is 16.2 Å². The lowest BCUT2D eigenvalue weighted by atomic mass is 10.1. The molecule has 26 heavy (non-hydrogen) atoms. The van der Waals surface area contributed by atoms with Crippen molar-refractivity contribution in [1.82, 2.24) is 9.38 Å². The number of aliphatic hydroxyl groups excluding tert-OH is 1. The third kappa shape index (κ3) is 3.34. The molecule has 2 heterocycles. The fourth-order valence-electron chi connectivity index (χ4n) is 2.89. The third-order valence-electron chi connectivity index (χ3n) is 4.28. The first-order chi connectivity index (χ1) is 12.9. The van der Waals surface area contributed by atoms with Crippen LogP contribution in [-0.2, 0) is 17.9 Å². The molecular weight excluding hydrogens is 332 g/mol. The van der Waals surface area contributed by atoms with Crippen LogP contribution in [0.1, 0.15) is 23.9 Å². The molecule has 3 aromatic rings. The number of amides is 1. The molecule has 3 N–H and O–H groups in total. The van der Waals surface area contributed by atoms with E-state index in [2.05, 4.69) is 20.4 Å². The van der Waals surface area contributed by atoms with Gasteiger partial charge in [-0.05, 0) is 43.2 Å². The van der Waals surface area contributed by atoms with Crippen molar-refractivity contribution in [3.05, 3.63) is 59.0 Å². The fraction of sp³-hybridized carbons (Fsp3) is 0.263. The van der Waals surface area contributed by atoms with Crippen LogP contribution in [0.3, 0.4) is 0 Å². The SMILES string of the molecule is [2H]C(O)c1c(C)nc2c(NCc3c(C)cccc3NC(=O)OC)cccn12. The van der Waals surface area contributed by atoms with E-state index in [9.17, 15) is 9.90 Å². The summed E-state index contributed by atoms with van der Waals surface area (Å²) in [5.74, 6) is 0. The van der Waals surface area contributed by atoms with Crippen molar-refractivity contribution < 1.29 is 16.0 Å². The Morgan fingerprint density at radius 3 is 2.81 bits per heavy atom. The van der Waals surface area contributed by atoms with Crippen LogP contribution < -0.4 is 10.6 Å². The Bertz CT molecular complexity index is 984. The van der Waals surface area contributed by atoms with Gasteiger partial charge in [0.25, 0.3) is 0 Å². The number of carbonyl (C=O) groups excluding carboxylic acids is 1. The maximum atomic E-state index is 11.6. The molecule has 7 heteroatoms. The van der Waals surface area contributed by atoms with E-state index in [-0.39, 0.29) is 0 Å². The van der Waals surface area contributed by atoms with Gasteiger partial charge in [0.05, 0.1) is 32.1 Å². The van der Waals surface area contributed by atoms with Crippen molar-refractivity contribution >= 4 is 23.1 Å². The number of methoxy groups -OCH3 is 1. The number of ether oxygens (including phenoxy) is 1. The van der Waals surface area contributed by atoms with Crippen LogP contribution in [0.2, 0.25) is 0 Å². The molecule has 0 aliphatic carbocycles. The van der Waals surface area contributed by atoms with Gasteiger partial charge in [-0.15, -0.1) is 0 Å². The number of hydrogen-bond donors (Lipinski definition) is 3. The molecule has 1 atom stereocenters. The Balaban J connectivity index is 1.92. The molecule has 0 aliphatic rings. The molecule has 0 radical (unpaired) electrons. The van der Waals surface area contributed by atoms with Crippen molar-refractivity contribution in [1.29, 1.82) is 0 Å². The number of nitrogens with zero attached hydrogens (tertiary/aromatic N) is 2. The zero-order valence-corrected chi connectivity index (χ0v) is 14.9. The van der Waals surface area contributed by atoms with Gasteiger partial charge in [0.2, 0.25) is 0 Å². The lowest BCUT2D eigenvalue weighted by Gasteiger charge is -2.15. The van der Waals surface area contributed by atoms with Crippen molar-refractivity contribution in [3.8, 4) is 0 Å².